The van der Waals surface area contributed by atoms with Gasteiger partial charge in [0.1, 0.15) is 0 Å². The lowest BCUT2D eigenvalue weighted by atomic mass is 10.2. The van der Waals surface area contributed by atoms with Crippen molar-refractivity contribution in [3.05, 3.63) is 63.6 Å². The van der Waals surface area contributed by atoms with Crippen LogP contribution in [0.5, 0.6) is 0 Å². The Bertz CT molecular complexity index is 671. The van der Waals surface area contributed by atoms with E-state index in [1.807, 2.05) is 24.3 Å². The van der Waals surface area contributed by atoms with Gasteiger partial charge >= 0.3 is 0 Å². The molecule has 0 unspecified atom stereocenters. The second-order valence-corrected chi connectivity index (χ2v) is 7.03. The van der Waals surface area contributed by atoms with E-state index >= 15 is 0 Å². The molecule has 2 rings (SSSR count). The van der Waals surface area contributed by atoms with Crippen LogP contribution in [-0.2, 0) is 16.6 Å². The van der Waals surface area contributed by atoms with Crippen LogP contribution in [0, 0.1) is 0 Å². The molecule has 2 aromatic carbocycles. The van der Waals surface area contributed by atoms with Crippen molar-refractivity contribution in [2.45, 2.75) is 11.4 Å². The van der Waals surface area contributed by atoms with E-state index in [9.17, 15) is 8.42 Å². The Balaban J connectivity index is 2.12. The fourth-order valence-corrected chi connectivity index (χ4v) is 3.08. The Morgan fingerprint density at radius 1 is 1.11 bits per heavy atom. The number of hydrogen-bond donors (Lipinski definition) is 1. The van der Waals surface area contributed by atoms with Gasteiger partial charge in [-0.2, -0.15) is 0 Å². The first-order chi connectivity index (χ1) is 8.97. The third-order valence-corrected chi connectivity index (χ3v) is 4.65. The average molecular weight is 361 g/mol. The standard InChI is InChI=1S/C13H11BrClNO2S/c14-11-6-4-10(5-7-11)9-16-19(17,18)13-3-1-2-12(15)8-13/h1-8,16H,9H2. The molecule has 0 aliphatic heterocycles. The number of hydrogen-bond acceptors (Lipinski definition) is 2. The molecule has 0 aliphatic rings. The number of rotatable bonds is 4. The van der Waals surface area contributed by atoms with Crippen molar-refractivity contribution in [2.75, 3.05) is 0 Å². The largest absolute Gasteiger partial charge is 0.240 e. The zero-order valence-electron chi connectivity index (χ0n) is 9.81. The third-order valence-electron chi connectivity index (χ3n) is 2.49. The quantitative estimate of drug-likeness (QED) is 0.906. The molecule has 0 spiro atoms. The Labute approximate surface area is 125 Å². The molecular formula is C13H11BrClNO2S. The summed E-state index contributed by atoms with van der Waals surface area (Å²) in [6, 6.07) is 13.6. The highest BCUT2D eigenvalue weighted by molar-refractivity contribution is 9.10. The molecule has 0 bridgehead atoms. The van der Waals surface area contributed by atoms with E-state index in [1.165, 1.54) is 12.1 Å². The lowest BCUT2D eigenvalue weighted by Gasteiger charge is -2.07. The van der Waals surface area contributed by atoms with Gasteiger partial charge in [0.05, 0.1) is 4.90 Å². The highest BCUT2D eigenvalue weighted by Gasteiger charge is 2.13. The fraction of sp³-hybridized carbons (Fsp3) is 0.0769. The number of benzene rings is 2. The van der Waals surface area contributed by atoms with E-state index in [1.54, 1.807) is 12.1 Å². The van der Waals surface area contributed by atoms with Gasteiger partial charge in [-0.05, 0) is 35.9 Å². The SMILES string of the molecule is O=S(=O)(NCc1ccc(Br)cc1)c1cccc(Cl)c1. The number of halogens is 2. The Hall–Kier alpha value is -0.880. The summed E-state index contributed by atoms with van der Waals surface area (Å²) in [6.07, 6.45) is 0. The van der Waals surface area contributed by atoms with Crippen LogP contribution in [0.25, 0.3) is 0 Å². The lowest BCUT2D eigenvalue weighted by Crippen LogP contribution is -2.23. The van der Waals surface area contributed by atoms with Gasteiger partial charge in [-0.25, -0.2) is 13.1 Å². The highest BCUT2D eigenvalue weighted by atomic mass is 79.9. The van der Waals surface area contributed by atoms with Crippen LogP contribution in [0.3, 0.4) is 0 Å². The monoisotopic (exact) mass is 359 g/mol. The second kappa shape index (κ2) is 6.05. The van der Waals surface area contributed by atoms with Crippen molar-refractivity contribution >= 4 is 37.6 Å². The predicted octanol–water partition coefficient (Wildman–Crippen LogP) is 3.58. The zero-order chi connectivity index (χ0) is 13.9. The number of nitrogens with one attached hydrogen (secondary N) is 1. The molecule has 2 aromatic rings. The topological polar surface area (TPSA) is 46.2 Å². The van der Waals surface area contributed by atoms with E-state index in [0.29, 0.717) is 5.02 Å². The van der Waals surface area contributed by atoms with Gasteiger partial charge in [0.15, 0.2) is 0 Å². The molecule has 0 aromatic heterocycles. The second-order valence-electron chi connectivity index (χ2n) is 3.91. The molecule has 0 heterocycles. The Morgan fingerprint density at radius 2 is 1.79 bits per heavy atom. The van der Waals surface area contributed by atoms with Gasteiger partial charge in [-0.3, -0.25) is 0 Å². The van der Waals surface area contributed by atoms with Crippen molar-refractivity contribution in [3.63, 3.8) is 0 Å². The molecule has 0 radical (unpaired) electrons. The van der Waals surface area contributed by atoms with E-state index in [-0.39, 0.29) is 11.4 Å². The van der Waals surface area contributed by atoms with E-state index in [4.69, 9.17) is 11.6 Å². The van der Waals surface area contributed by atoms with Crippen LogP contribution < -0.4 is 4.72 Å². The van der Waals surface area contributed by atoms with Gasteiger partial charge < -0.3 is 0 Å². The number of sulfonamides is 1. The summed E-state index contributed by atoms with van der Waals surface area (Å²) in [5.41, 5.74) is 0.883. The van der Waals surface area contributed by atoms with Crippen LogP contribution >= 0.6 is 27.5 Å². The Morgan fingerprint density at radius 3 is 2.42 bits per heavy atom. The molecule has 0 fully saturated rings. The van der Waals surface area contributed by atoms with Crippen LogP contribution in [0.1, 0.15) is 5.56 Å². The summed E-state index contributed by atoms with van der Waals surface area (Å²) in [6.45, 7) is 0.238. The first-order valence-corrected chi connectivity index (χ1v) is 8.12. The average Bonchev–Trinajstić information content (AvgIpc) is 2.38. The summed E-state index contributed by atoms with van der Waals surface area (Å²) < 4.78 is 27.6. The van der Waals surface area contributed by atoms with E-state index < -0.39 is 10.0 Å². The molecule has 6 heteroatoms. The highest BCUT2D eigenvalue weighted by Crippen LogP contribution is 2.16. The third kappa shape index (κ3) is 4.04. The molecule has 0 saturated carbocycles. The van der Waals surface area contributed by atoms with Crippen molar-refractivity contribution < 1.29 is 8.42 Å². The van der Waals surface area contributed by atoms with E-state index in [0.717, 1.165) is 10.0 Å². The van der Waals surface area contributed by atoms with Gasteiger partial charge in [-0.15, -0.1) is 0 Å². The van der Waals surface area contributed by atoms with Crippen LogP contribution in [-0.4, -0.2) is 8.42 Å². The van der Waals surface area contributed by atoms with Gasteiger partial charge in [0.2, 0.25) is 10.0 Å². The maximum absolute atomic E-state index is 12.0. The minimum atomic E-state index is -3.54. The summed E-state index contributed by atoms with van der Waals surface area (Å²) in [5, 5.41) is 0.395. The molecule has 1 N–H and O–H groups in total. The van der Waals surface area contributed by atoms with Gasteiger partial charge in [0.25, 0.3) is 0 Å². The summed E-state index contributed by atoms with van der Waals surface area (Å²) in [4.78, 5) is 0.164. The van der Waals surface area contributed by atoms with E-state index in [2.05, 4.69) is 20.7 Å². The first kappa shape index (κ1) is 14.5. The van der Waals surface area contributed by atoms with Gasteiger partial charge in [0, 0.05) is 16.0 Å². The van der Waals surface area contributed by atoms with Crippen molar-refractivity contribution in [1.82, 2.24) is 4.72 Å². The molecule has 3 nitrogen and oxygen atoms in total. The molecule has 0 saturated heterocycles. The molecule has 100 valence electrons. The minimum absolute atomic E-state index is 0.164. The van der Waals surface area contributed by atoms with Crippen LogP contribution in [0.15, 0.2) is 57.9 Å². The summed E-state index contributed by atoms with van der Waals surface area (Å²) >= 11 is 9.12. The first-order valence-electron chi connectivity index (χ1n) is 5.47. The van der Waals surface area contributed by atoms with Gasteiger partial charge in [-0.1, -0.05) is 45.7 Å². The Kier molecular flexibility index (Phi) is 4.62. The molecule has 19 heavy (non-hydrogen) atoms. The predicted molar refractivity (Wildman–Crippen MR) is 79.6 cm³/mol. The summed E-state index contributed by atoms with van der Waals surface area (Å²) in [5.74, 6) is 0. The maximum atomic E-state index is 12.0. The molecular weight excluding hydrogens is 350 g/mol. The molecule has 0 aliphatic carbocycles. The lowest BCUT2D eigenvalue weighted by molar-refractivity contribution is 0.581. The minimum Gasteiger partial charge on any atom is -0.207 e. The fourth-order valence-electron chi connectivity index (χ4n) is 1.50. The maximum Gasteiger partial charge on any atom is 0.240 e. The zero-order valence-corrected chi connectivity index (χ0v) is 13.0. The molecule has 0 amide bonds. The van der Waals surface area contributed by atoms with Crippen molar-refractivity contribution in [1.29, 1.82) is 0 Å². The smallest absolute Gasteiger partial charge is 0.207 e. The van der Waals surface area contributed by atoms with Crippen LogP contribution in [0.2, 0.25) is 5.02 Å². The molecule has 0 atom stereocenters. The van der Waals surface area contributed by atoms with Crippen molar-refractivity contribution in [3.8, 4) is 0 Å². The normalized spacial score (nSPS) is 11.5. The van der Waals surface area contributed by atoms with Crippen molar-refractivity contribution in [2.24, 2.45) is 0 Å². The summed E-state index contributed by atoms with van der Waals surface area (Å²) in [7, 11) is -3.54. The van der Waals surface area contributed by atoms with Crippen LogP contribution in [0.4, 0.5) is 0 Å².